The average molecular weight is 389 g/mol. The van der Waals surface area contributed by atoms with Crippen molar-refractivity contribution < 1.29 is 28.6 Å². The Balaban J connectivity index is 1.93. The van der Waals surface area contributed by atoms with E-state index in [-0.39, 0.29) is 12.1 Å². The van der Waals surface area contributed by atoms with Crippen molar-refractivity contribution in [1.82, 2.24) is 5.32 Å². The van der Waals surface area contributed by atoms with E-state index in [0.29, 0.717) is 18.4 Å². The quantitative estimate of drug-likeness (QED) is 0.507. The molecule has 2 rings (SSSR count). The fourth-order valence-corrected chi connectivity index (χ4v) is 2.72. The summed E-state index contributed by atoms with van der Waals surface area (Å²) in [5.74, 6) is -1.36. The normalized spacial score (nSPS) is 12.9. The average Bonchev–Trinajstić information content (AvgIpc) is 2.69. The number of carbonyl (C=O) groups is 2. The molecule has 0 amide bonds. The number of hydrogen-bond acceptors (Lipinski definition) is 6. The highest BCUT2D eigenvalue weighted by atomic mass is 19.1. The summed E-state index contributed by atoms with van der Waals surface area (Å²) in [5.41, 5.74) is 1.57. The lowest BCUT2D eigenvalue weighted by Crippen LogP contribution is -2.36. The topological polar surface area (TPSA) is 84.9 Å². The summed E-state index contributed by atoms with van der Waals surface area (Å²) >= 11 is 0. The van der Waals surface area contributed by atoms with E-state index in [9.17, 15) is 19.1 Å². The van der Waals surface area contributed by atoms with Crippen molar-refractivity contribution in [2.24, 2.45) is 0 Å². The van der Waals surface area contributed by atoms with Gasteiger partial charge in [-0.05, 0) is 30.2 Å². The minimum absolute atomic E-state index is 0.0279. The van der Waals surface area contributed by atoms with Crippen molar-refractivity contribution in [3.8, 4) is 0 Å². The largest absolute Gasteiger partial charge is 0.465 e. The van der Waals surface area contributed by atoms with E-state index in [0.717, 1.165) is 5.56 Å². The summed E-state index contributed by atoms with van der Waals surface area (Å²) in [7, 11) is 1.32. The number of carbonyl (C=O) groups excluding carboxylic acids is 2. The summed E-state index contributed by atoms with van der Waals surface area (Å²) < 4.78 is 23.7. The third-order valence-corrected chi connectivity index (χ3v) is 4.18. The second-order valence-corrected chi connectivity index (χ2v) is 6.27. The van der Waals surface area contributed by atoms with Crippen LogP contribution in [0.2, 0.25) is 0 Å². The zero-order chi connectivity index (χ0) is 20.5. The van der Waals surface area contributed by atoms with Crippen LogP contribution in [0.1, 0.15) is 40.9 Å². The van der Waals surface area contributed by atoms with Gasteiger partial charge in [-0.3, -0.25) is 10.1 Å². The van der Waals surface area contributed by atoms with E-state index < -0.39 is 30.1 Å². The number of aliphatic hydroxyl groups is 1. The molecule has 2 aromatic rings. The van der Waals surface area contributed by atoms with E-state index >= 15 is 0 Å². The molecule has 0 spiro atoms. The lowest BCUT2D eigenvalue weighted by Gasteiger charge is -2.21. The highest BCUT2D eigenvalue weighted by molar-refractivity contribution is 5.89. The Hall–Kier alpha value is -2.77. The molecule has 2 N–H and O–H groups in total. The fourth-order valence-electron chi connectivity index (χ4n) is 2.72. The van der Waals surface area contributed by atoms with Crippen LogP contribution in [0, 0.1) is 5.82 Å². The molecule has 150 valence electrons. The molecule has 0 radical (unpaired) electrons. The van der Waals surface area contributed by atoms with E-state index in [4.69, 9.17) is 4.74 Å². The number of methoxy groups -OCH3 is 1. The SMILES string of the molecule is COC(=O)c1ccc(CCC(NCC(O)c2ccccc2F)OC(C)=O)cc1. The summed E-state index contributed by atoms with van der Waals surface area (Å²) in [5, 5.41) is 13.1. The van der Waals surface area contributed by atoms with Crippen molar-refractivity contribution in [2.45, 2.75) is 32.1 Å². The van der Waals surface area contributed by atoms with Gasteiger partial charge in [-0.1, -0.05) is 30.3 Å². The number of benzene rings is 2. The molecule has 0 fully saturated rings. The predicted octanol–water partition coefficient (Wildman–Crippen LogP) is 2.76. The number of aryl methyl sites for hydroxylation is 1. The number of rotatable bonds is 9. The predicted molar refractivity (Wildman–Crippen MR) is 101 cm³/mol. The van der Waals surface area contributed by atoms with Crippen LogP contribution in [-0.4, -0.2) is 36.9 Å². The van der Waals surface area contributed by atoms with Crippen LogP contribution in [0.5, 0.6) is 0 Å². The molecule has 7 heteroatoms. The molecule has 6 nitrogen and oxygen atoms in total. The van der Waals surface area contributed by atoms with Gasteiger partial charge in [0.2, 0.25) is 0 Å². The molecule has 0 aliphatic heterocycles. The van der Waals surface area contributed by atoms with Crippen LogP contribution in [0.25, 0.3) is 0 Å². The third kappa shape index (κ3) is 6.44. The molecule has 0 saturated heterocycles. The van der Waals surface area contributed by atoms with Crippen LogP contribution in [0.15, 0.2) is 48.5 Å². The van der Waals surface area contributed by atoms with Crippen molar-refractivity contribution >= 4 is 11.9 Å². The van der Waals surface area contributed by atoms with Gasteiger partial charge >= 0.3 is 11.9 Å². The van der Waals surface area contributed by atoms with E-state index in [1.165, 1.54) is 26.2 Å². The first-order chi connectivity index (χ1) is 13.4. The second-order valence-electron chi connectivity index (χ2n) is 6.27. The first-order valence-corrected chi connectivity index (χ1v) is 8.91. The van der Waals surface area contributed by atoms with Gasteiger partial charge in [-0.15, -0.1) is 0 Å². The number of esters is 2. The van der Waals surface area contributed by atoms with Gasteiger partial charge in [0.1, 0.15) is 5.82 Å². The molecule has 2 unspecified atom stereocenters. The maximum Gasteiger partial charge on any atom is 0.337 e. The van der Waals surface area contributed by atoms with Crippen LogP contribution in [0.4, 0.5) is 4.39 Å². The van der Waals surface area contributed by atoms with Gasteiger partial charge in [-0.2, -0.15) is 0 Å². The molecule has 0 heterocycles. The summed E-state index contributed by atoms with van der Waals surface area (Å²) in [6.07, 6.45) is -0.693. The summed E-state index contributed by atoms with van der Waals surface area (Å²) in [4.78, 5) is 22.8. The smallest absolute Gasteiger partial charge is 0.337 e. The van der Waals surface area contributed by atoms with Crippen LogP contribution < -0.4 is 5.32 Å². The van der Waals surface area contributed by atoms with Crippen LogP contribution >= 0.6 is 0 Å². The Morgan fingerprint density at radius 1 is 1.14 bits per heavy atom. The lowest BCUT2D eigenvalue weighted by atomic mass is 10.1. The van der Waals surface area contributed by atoms with Gasteiger partial charge in [0.05, 0.1) is 18.8 Å². The van der Waals surface area contributed by atoms with E-state index in [2.05, 4.69) is 10.1 Å². The van der Waals surface area contributed by atoms with Gasteiger partial charge in [-0.25, -0.2) is 9.18 Å². The van der Waals surface area contributed by atoms with Crippen molar-refractivity contribution in [2.75, 3.05) is 13.7 Å². The Morgan fingerprint density at radius 2 is 1.82 bits per heavy atom. The van der Waals surface area contributed by atoms with Crippen LogP contribution in [-0.2, 0) is 20.7 Å². The van der Waals surface area contributed by atoms with Gasteiger partial charge in [0.25, 0.3) is 0 Å². The number of nitrogens with one attached hydrogen (secondary N) is 1. The molecule has 2 aromatic carbocycles. The van der Waals surface area contributed by atoms with E-state index in [1.54, 1.807) is 36.4 Å². The summed E-state index contributed by atoms with van der Waals surface area (Å²) in [6.45, 7) is 1.33. The number of ether oxygens (including phenoxy) is 2. The molecule has 28 heavy (non-hydrogen) atoms. The lowest BCUT2D eigenvalue weighted by molar-refractivity contribution is -0.148. The first kappa shape index (κ1) is 21.5. The maximum absolute atomic E-state index is 13.8. The summed E-state index contributed by atoms with van der Waals surface area (Å²) in [6, 6.07) is 12.9. The van der Waals surface area contributed by atoms with Gasteiger partial charge < -0.3 is 14.6 Å². The van der Waals surface area contributed by atoms with Gasteiger partial charge in [0.15, 0.2) is 6.23 Å². The third-order valence-electron chi connectivity index (χ3n) is 4.18. The standard InChI is InChI=1S/C21H24FNO5/c1-14(24)28-20(23-13-19(25)17-5-3-4-6-18(17)22)12-9-15-7-10-16(11-8-15)21(26)27-2/h3-8,10-11,19-20,23,25H,9,12-13H2,1-2H3. The fraction of sp³-hybridized carbons (Fsp3) is 0.333. The Kier molecular flexibility index (Phi) is 8.10. The Morgan fingerprint density at radius 3 is 2.43 bits per heavy atom. The van der Waals surface area contributed by atoms with E-state index in [1.807, 2.05) is 0 Å². The first-order valence-electron chi connectivity index (χ1n) is 8.91. The monoisotopic (exact) mass is 389 g/mol. The highest BCUT2D eigenvalue weighted by Crippen LogP contribution is 2.16. The minimum atomic E-state index is -1.07. The second kappa shape index (κ2) is 10.5. The Labute approximate surface area is 163 Å². The molecular formula is C21H24FNO5. The molecule has 0 aliphatic carbocycles. The number of aliphatic hydroxyl groups excluding tert-OH is 1. The highest BCUT2D eigenvalue weighted by Gasteiger charge is 2.17. The zero-order valence-corrected chi connectivity index (χ0v) is 15.9. The zero-order valence-electron chi connectivity index (χ0n) is 15.9. The van der Waals surface area contributed by atoms with Gasteiger partial charge in [0, 0.05) is 25.5 Å². The number of hydrogen-bond donors (Lipinski definition) is 2. The maximum atomic E-state index is 13.8. The van der Waals surface area contributed by atoms with Crippen LogP contribution in [0.3, 0.4) is 0 Å². The van der Waals surface area contributed by atoms with Crippen molar-refractivity contribution in [3.63, 3.8) is 0 Å². The molecule has 0 aliphatic rings. The van der Waals surface area contributed by atoms with Crippen molar-refractivity contribution in [1.29, 1.82) is 0 Å². The Bertz CT molecular complexity index is 794. The molecule has 0 bridgehead atoms. The molecule has 2 atom stereocenters. The molecule has 0 aromatic heterocycles. The van der Waals surface area contributed by atoms with Crippen molar-refractivity contribution in [3.05, 3.63) is 71.0 Å². The minimum Gasteiger partial charge on any atom is -0.465 e. The number of halogens is 1. The molecular weight excluding hydrogens is 365 g/mol. The molecule has 0 saturated carbocycles.